The van der Waals surface area contributed by atoms with Crippen molar-refractivity contribution in [2.24, 2.45) is 17.3 Å². The van der Waals surface area contributed by atoms with E-state index in [0.717, 1.165) is 0 Å². The molecule has 266 valence electrons. The number of aromatic nitrogens is 2. The summed E-state index contributed by atoms with van der Waals surface area (Å²) in [5.74, 6) is -2.48. The number of rotatable bonds is 12. The summed E-state index contributed by atoms with van der Waals surface area (Å²) >= 11 is 0. The number of halogens is 3. The van der Waals surface area contributed by atoms with Gasteiger partial charge in [-0.2, -0.15) is 13.2 Å². The third-order valence-electron chi connectivity index (χ3n) is 9.91. The Morgan fingerprint density at radius 3 is 2.52 bits per heavy atom. The van der Waals surface area contributed by atoms with Crippen molar-refractivity contribution in [1.82, 2.24) is 20.2 Å². The summed E-state index contributed by atoms with van der Waals surface area (Å²) in [6.45, 7) is 6.95. The number of methoxy groups -OCH3 is 1. The molecule has 1 aliphatic carbocycles. The maximum absolute atomic E-state index is 14.7. The largest absolute Gasteiger partial charge is 0.497 e. The molecule has 1 saturated carbocycles. The van der Waals surface area contributed by atoms with Crippen LogP contribution in [0, 0.1) is 17.3 Å². The van der Waals surface area contributed by atoms with Gasteiger partial charge in [0.2, 0.25) is 11.5 Å². The molecule has 5 atom stereocenters. The first-order valence-corrected chi connectivity index (χ1v) is 16.7. The van der Waals surface area contributed by atoms with Gasteiger partial charge in [0.1, 0.15) is 23.5 Å². The first kappa shape index (κ1) is 37.0. The molecule has 48 heavy (non-hydrogen) atoms. The highest BCUT2D eigenvalue weighted by atomic mass is 19.4. The smallest absolute Gasteiger partial charge is 0.428 e. The minimum absolute atomic E-state index is 0.155. The maximum Gasteiger partial charge on any atom is 0.428 e. The molecule has 2 amide bonds. The minimum atomic E-state index is -4.85. The molecule has 14 heteroatoms. The second-order valence-corrected chi connectivity index (χ2v) is 14.1. The fourth-order valence-corrected chi connectivity index (χ4v) is 7.24. The van der Waals surface area contributed by atoms with Crippen molar-refractivity contribution in [2.75, 3.05) is 13.7 Å². The lowest BCUT2D eigenvalue weighted by molar-refractivity contribution is -0.271. The number of H-pyrrole nitrogens is 1. The number of hydrogen-bond acceptors (Lipinski definition) is 7. The Labute approximate surface area is 278 Å². The molecule has 2 aromatic rings. The van der Waals surface area contributed by atoms with E-state index in [-0.39, 0.29) is 37.3 Å². The molecule has 1 saturated heterocycles. The summed E-state index contributed by atoms with van der Waals surface area (Å²) in [4.78, 5) is 59.9. The van der Waals surface area contributed by atoms with Gasteiger partial charge < -0.3 is 29.8 Å². The SMILES string of the molecule is CCC1CCN(C(=O)[C@@H](NC(=O)OC2(C(F)(F)F)CCCC2CCCCCc2nc3ccc(OC)cc3[nH]c2=O)C(C)(C)C)C1C(=O)O. The Bertz CT molecular complexity index is 1540. The van der Waals surface area contributed by atoms with Gasteiger partial charge in [0.25, 0.3) is 5.56 Å². The number of amides is 2. The quantitative estimate of drug-likeness (QED) is 0.232. The zero-order valence-corrected chi connectivity index (χ0v) is 28.2. The normalized spacial score (nSPS) is 23.7. The number of nitrogens with zero attached hydrogens (tertiary/aromatic N) is 2. The Hall–Kier alpha value is -3.84. The number of alkyl carbamates (subject to hydrolysis) is 1. The number of fused-ring (bicyclic) bond motifs is 1. The molecule has 2 aliphatic rings. The third kappa shape index (κ3) is 7.89. The lowest BCUT2D eigenvalue weighted by Crippen LogP contribution is -2.59. The maximum atomic E-state index is 14.7. The van der Waals surface area contributed by atoms with Crippen LogP contribution in [0.4, 0.5) is 18.0 Å². The molecule has 4 rings (SSSR count). The number of alkyl halides is 3. The van der Waals surface area contributed by atoms with Gasteiger partial charge in [0.05, 0.1) is 18.1 Å². The number of carbonyl (C=O) groups excluding carboxylic acids is 2. The van der Waals surface area contributed by atoms with Crippen LogP contribution in [-0.2, 0) is 20.7 Å². The van der Waals surface area contributed by atoms with E-state index >= 15 is 0 Å². The average molecular weight is 681 g/mol. The van der Waals surface area contributed by atoms with Crippen LogP contribution in [0.1, 0.15) is 91.2 Å². The standard InChI is InChI=1S/C34H47F3N4O7/c1-6-20-16-18-41(26(20)30(44)45)29(43)27(32(2,3)4)40-31(46)48-33(34(35,36)37)17-10-12-21(33)11-8-7-9-13-24-28(42)39-25-19-22(47-5)14-15-23(25)38-24/h14-15,19-21,26-27H,6-13,16-18H2,1-5H3,(H,39,42)(H,40,46)(H,44,45)/t20?,21?,26?,27-,33?/m1/s1. The van der Waals surface area contributed by atoms with Gasteiger partial charge in [0.15, 0.2) is 0 Å². The van der Waals surface area contributed by atoms with Crippen LogP contribution in [-0.4, -0.2) is 75.5 Å². The second-order valence-electron chi connectivity index (χ2n) is 14.1. The van der Waals surface area contributed by atoms with Crippen LogP contribution < -0.4 is 15.6 Å². The monoisotopic (exact) mass is 680 g/mol. The molecular weight excluding hydrogens is 633 g/mol. The number of likely N-dealkylation sites (tertiary alicyclic amines) is 1. The van der Waals surface area contributed by atoms with E-state index in [2.05, 4.69) is 15.3 Å². The molecule has 11 nitrogen and oxygen atoms in total. The third-order valence-corrected chi connectivity index (χ3v) is 9.91. The van der Waals surface area contributed by atoms with E-state index in [9.17, 15) is 37.5 Å². The van der Waals surface area contributed by atoms with Crippen LogP contribution in [0.5, 0.6) is 5.75 Å². The predicted molar refractivity (Wildman–Crippen MR) is 172 cm³/mol. The van der Waals surface area contributed by atoms with Crippen LogP contribution in [0.15, 0.2) is 23.0 Å². The van der Waals surface area contributed by atoms with Crippen molar-refractivity contribution in [2.45, 2.75) is 116 Å². The van der Waals surface area contributed by atoms with Crippen molar-refractivity contribution < 1.29 is 42.1 Å². The van der Waals surface area contributed by atoms with Crippen LogP contribution >= 0.6 is 0 Å². The predicted octanol–water partition coefficient (Wildman–Crippen LogP) is 5.99. The summed E-state index contributed by atoms with van der Waals surface area (Å²) in [6.07, 6.45) is -3.15. The number of carbonyl (C=O) groups is 3. The van der Waals surface area contributed by atoms with E-state index in [0.29, 0.717) is 61.0 Å². The number of aryl methyl sites for hydroxylation is 1. The Kier molecular flexibility index (Phi) is 11.4. The number of carboxylic acids is 1. The molecule has 2 fully saturated rings. The van der Waals surface area contributed by atoms with E-state index in [4.69, 9.17) is 9.47 Å². The van der Waals surface area contributed by atoms with Gasteiger partial charge in [-0.3, -0.25) is 9.59 Å². The van der Waals surface area contributed by atoms with Gasteiger partial charge in [-0.15, -0.1) is 0 Å². The van der Waals surface area contributed by atoms with E-state index in [1.807, 2.05) is 6.92 Å². The van der Waals surface area contributed by atoms with Crippen molar-refractivity contribution >= 4 is 29.0 Å². The second kappa shape index (κ2) is 14.7. The van der Waals surface area contributed by atoms with Gasteiger partial charge >= 0.3 is 18.2 Å². The zero-order valence-electron chi connectivity index (χ0n) is 28.2. The number of unbranched alkanes of at least 4 members (excludes halogenated alkanes) is 2. The molecule has 3 N–H and O–H groups in total. The van der Waals surface area contributed by atoms with E-state index < -0.39 is 59.6 Å². The Morgan fingerprint density at radius 1 is 1.17 bits per heavy atom. The molecule has 1 aliphatic heterocycles. The summed E-state index contributed by atoms with van der Waals surface area (Å²) in [7, 11) is 1.52. The van der Waals surface area contributed by atoms with Gasteiger partial charge in [-0.25, -0.2) is 14.6 Å². The van der Waals surface area contributed by atoms with Crippen molar-refractivity contribution in [1.29, 1.82) is 0 Å². The van der Waals surface area contributed by atoms with Gasteiger partial charge in [-0.1, -0.05) is 47.0 Å². The van der Waals surface area contributed by atoms with Gasteiger partial charge in [-0.05, 0) is 68.4 Å². The molecule has 2 heterocycles. The number of hydrogen-bond donors (Lipinski definition) is 3. The van der Waals surface area contributed by atoms with E-state index in [1.165, 1.54) is 12.0 Å². The molecule has 0 bridgehead atoms. The fourth-order valence-electron chi connectivity index (χ4n) is 7.24. The highest BCUT2D eigenvalue weighted by Gasteiger charge is 2.64. The van der Waals surface area contributed by atoms with Crippen molar-refractivity contribution in [3.63, 3.8) is 0 Å². The number of aliphatic carboxylic acids is 1. The highest BCUT2D eigenvalue weighted by Crippen LogP contribution is 2.51. The van der Waals surface area contributed by atoms with E-state index in [1.54, 1.807) is 39.0 Å². The van der Waals surface area contributed by atoms with Crippen molar-refractivity contribution in [3.05, 3.63) is 34.2 Å². The lowest BCUT2D eigenvalue weighted by atomic mass is 9.85. The summed E-state index contributed by atoms with van der Waals surface area (Å²) in [5.41, 5.74) is -2.51. The van der Waals surface area contributed by atoms with Crippen molar-refractivity contribution in [3.8, 4) is 5.75 Å². The molecular formula is C34H47F3N4O7. The average Bonchev–Trinajstić information content (AvgIpc) is 3.63. The van der Waals surface area contributed by atoms with Crippen LogP contribution in [0.3, 0.4) is 0 Å². The molecule has 0 spiro atoms. The number of aromatic amines is 1. The topological polar surface area (TPSA) is 151 Å². The number of ether oxygens (including phenoxy) is 2. The number of carboxylic acid groups (broad SMARTS) is 1. The molecule has 1 aromatic heterocycles. The fraction of sp³-hybridized carbons (Fsp3) is 0.676. The summed E-state index contributed by atoms with van der Waals surface area (Å²) in [5, 5.41) is 12.2. The first-order valence-electron chi connectivity index (χ1n) is 16.7. The zero-order chi connectivity index (χ0) is 35.4. The Balaban J connectivity index is 1.40. The molecule has 0 radical (unpaired) electrons. The lowest BCUT2D eigenvalue weighted by Gasteiger charge is -2.39. The molecule has 1 aromatic carbocycles. The number of benzene rings is 1. The highest BCUT2D eigenvalue weighted by molar-refractivity contribution is 5.90. The number of nitrogens with one attached hydrogen (secondary N) is 2. The minimum Gasteiger partial charge on any atom is -0.497 e. The van der Waals surface area contributed by atoms with Crippen LogP contribution in [0.2, 0.25) is 0 Å². The Morgan fingerprint density at radius 2 is 1.90 bits per heavy atom. The first-order chi connectivity index (χ1) is 22.5. The molecule has 4 unspecified atom stereocenters. The summed E-state index contributed by atoms with van der Waals surface area (Å²) < 4.78 is 54.7. The van der Waals surface area contributed by atoms with Gasteiger partial charge in [0, 0.05) is 18.5 Å². The summed E-state index contributed by atoms with van der Waals surface area (Å²) in [6, 6.07) is 2.77. The van der Waals surface area contributed by atoms with Crippen LogP contribution in [0.25, 0.3) is 11.0 Å².